The molecule has 106 valence electrons. The van der Waals surface area contributed by atoms with E-state index in [-0.39, 0.29) is 0 Å². The Bertz CT molecular complexity index is 599. The van der Waals surface area contributed by atoms with Crippen LogP contribution in [0, 0.1) is 6.92 Å². The predicted molar refractivity (Wildman–Crippen MR) is 83.1 cm³/mol. The lowest BCUT2D eigenvalue weighted by atomic mass is 10.1. The molecule has 0 fully saturated rings. The first-order valence-corrected chi connectivity index (χ1v) is 6.73. The maximum Gasteiger partial charge on any atom is 0.127 e. The number of anilines is 1. The van der Waals surface area contributed by atoms with Gasteiger partial charge in [0.1, 0.15) is 11.5 Å². The number of benzene rings is 2. The Labute approximate surface area is 124 Å². The van der Waals surface area contributed by atoms with Crippen LogP contribution in [0.2, 0.25) is 5.02 Å². The highest BCUT2D eigenvalue weighted by molar-refractivity contribution is 6.31. The molecule has 0 amide bonds. The van der Waals surface area contributed by atoms with E-state index in [1.807, 2.05) is 43.3 Å². The molecule has 0 saturated heterocycles. The van der Waals surface area contributed by atoms with Crippen molar-refractivity contribution in [2.24, 2.45) is 0 Å². The van der Waals surface area contributed by atoms with Gasteiger partial charge in [0.15, 0.2) is 0 Å². The molecule has 0 spiro atoms. The van der Waals surface area contributed by atoms with Crippen molar-refractivity contribution in [3.63, 3.8) is 0 Å². The van der Waals surface area contributed by atoms with Crippen LogP contribution in [0.5, 0.6) is 11.5 Å². The second-order valence-corrected chi connectivity index (χ2v) is 4.85. The van der Waals surface area contributed by atoms with Gasteiger partial charge in [-0.3, -0.25) is 0 Å². The smallest absolute Gasteiger partial charge is 0.127 e. The van der Waals surface area contributed by atoms with E-state index in [0.717, 1.165) is 33.3 Å². The second-order valence-electron chi connectivity index (χ2n) is 4.44. The molecule has 20 heavy (non-hydrogen) atoms. The first kappa shape index (κ1) is 14.5. The Balaban J connectivity index is 2.16. The van der Waals surface area contributed by atoms with Crippen LogP contribution in [0.3, 0.4) is 0 Å². The molecular formula is C16H18ClNO2. The summed E-state index contributed by atoms with van der Waals surface area (Å²) >= 11 is 6.11. The van der Waals surface area contributed by atoms with E-state index >= 15 is 0 Å². The van der Waals surface area contributed by atoms with Crippen LogP contribution in [-0.4, -0.2) is 14.2 Å². The first-order chi connectivity index (χ1) is 9.65. The van der Waals surface area contributed by atoms with E-state index in [9.17, 15) is 0 Å². The number of methoxy groups -OCH3 is 2. The van der Waals surface area contributed by atoms with Crippen LogP contribution in [0.15, 0.2) is 36.4 Å². The van der Waals surface area contributed by atoms with Gasteiger partial charge in [0.05, 0.1) is 14.2 Å². The van der Waals surface area contributed by atoms with Gasteiger partial charge in [-0.2, -0.15) is 0 Å². The van der Waals surface area contributed by atoms with Crippen LogP contribution >= 0.6 is 11.6 Å². The van der Waals surface area contributed by atoms with Gasteiger partial charge in [0, 0.05) is 28.9 Å². The predicted octanol–water partition coefficient (Wildman–Crippen LogP) is 4.28. The number of halogens is 1. The lowest BCUT2D eigenvalue weighted by Gasteiger charge is -2.14. The minimum Gasteiger partial charge on any atom is -0.497 e. The molecular weight excluding hydrogens is 274 g/mol. The molecule has 2 rings (SSSR count). The maximum atomic E-state index is 6.11. The summed E-state index contributed by atoms with van der Waals surface area (Å²) < 4.78 is 10.6. The SMILES string of the molecule is COc1ccc(CNc2cccc(Cl)c2C)c(OC)c1. The van der Waals surface area contributed by atoms with Crippen molar-refractivity contribution < 1.29 is 9.47 Å². The monoisotopic (exact) mass is 291 g/mol. The van der Waals surface area contributed by atoms with Gasteiger partial charge in [0.25, 0.3) is 0 Å². The largest absolute Gasteiger partial charge is 0.497 e. The van der Waals surface area contributed by atoms with Crippen molar-refractivity contribution in [1.82, 2.24) is 0 Å². The Morgan fingerprint density at radius 3 is 2.60 bits per heavy atom. The fourth-order valence-corrected chi connectivity index (χ4v) is 2.16. The Morgan fingerprint density at radius 2 is 1.90 bits per heavy atom. The standard InChI is InChI=1S/C16H18ClNO2/c1-11-14(17)5-4-6-15(11)18-10-12-7-8-13(19-2)9-16(12)20-3/h4-9,18H,10H2,1-3H3. The van der Waals surface area contributed by atoms with E-state index < -0.39 is 0 Å². The van der Waals surface area contributed by atoms with Crippen LogP contribution in [-0.2, 0) is 6.54 Å². The summed E-state index contributed by atoms with van der Waals surface area (Å²) in [5.74, 6) is 1.58. The molecule has 0 radical (unpaired) electrons. The van der Waals surface area contributed by atoms with Crippen LogP contribution in [0.25, 0.3) is 0 Å². The Hall–Kier alpha value is -1.87. The van der Waals surface area contributed by atoms with E-state index in [4.69, 9.17) is 21.1 Å². The van der Waals surface area contributed by atoms with Gasteiger partial charge in [-0.15, -0.1) is 0 Å². The fraction of sp³-hybridized carbons (Fsp3) is 0.250. The average molecular weight is 292 g/mol. The van der Waals surface area contributed by atoms with Crippen molar-refractivity contribution >= 4 is 17.3 Å². The minimum atomic E-state index is 0.661. The second kappa shape index (κ2) is 6.53. The quantitative estimate of drug-likeness (QED) is 0.892. The molecule has 0 unspecified atom stereocenters. The van der Waals surface area contributed by atoms with Gasteiger partial charge >= 0.3 is 0 Å². The molecule has 3 nitrogen and oxygen atoms in total. The molecule has 0 atom stereocenters. The first-order valence-electron chi connectivity index (χ1n) is 6.35. The summed E-state index contributed by atoms with van der Waals surface area (Å²) in [5.41, 5.74) is 3.13. The molecule has 0 aliphatic rings. The normalized spacial score (nSPS) is 10.2. The van der Waals surface area contributed by atoms with Crippen molar-refractivity contribution in [3.8, 4) is 11.5 Å². The van der Waals surface area contributed by atoms with Crippen molar-refractivity contribution in [2.45, 2.75) is 13.5 Å². The molecule has 1 N–H and O–H groups in total. The number of hydrogen-bond donors (Lipinski definition) is 1. The van der Waals surface area contributed by atoms with Crippen LogP contribution in [0.1, 0.15) is 11.1 Å². The van der Waals surface area contributed by atoms with Crippen molar-refractivity contribution in [2.75, 3.05) is 19.5 Å². The summed E-state index contributed by atoms with van der Waals surface area (Å²) in [6.07, 6.45) is 0. The minimum absolute atomic E-state index is 0.661. The van der Waals surface area contributed by atoms with E-state index in [2.05, 4.69) is 5.32 Å². The molecule has 4 heteroatoms. The molecule has 0 aliphatic heterocycles. The number of hydrogen-bond acceptors (Lipinski definition) is 3. The molecule has 0 saturated carbocycles. The molecule has 0 aromatic heterocycles. The van der Waals surface area contributed by atoms with Gasteiger partial charge in [-0.05, 0) is 36.8 Å². The van der Waals surface area contributed by atoms with Gasteiger partial charge in [-0.1, -0.05) is 17.7 Å². The highest BCUT2D eigenvalue weighted by atomic mass is 35.5. The number of rotatable bonds is 5. The van der Waals surface area contributed by atoms with Gasteiger partial charge in [-0.25, -0.2) is 0 Å². The zero-order valence-electron chi connectivity index (χ0n) is 11.9. The van der Waals surface area contributed by atoms with Gasteiger partial charge in [0.2, 0.25) is 0 Å². The van der Waals surface area contributed by atoms with Crippen LogP contribution < -0.4 is 14.8 Å². The third-order valence-corrected chi connectivity index (χ3v) is 3.64. The molecule has 2 aromatic rings. The van der Waals surface area contributed by atoms with E-state index in [0.29, 0.717) is 6.54 Å². The highest BCUT2D eigenvalue weighted by Gasteiger charge is 2.06. The third kappa shape index (κ3) is 3.17. The fourth-order valence-electron chi connectivity index (χ4n) is 1.99. The molecule has 0 heterocycles. The summed E-state index contributed by atoms with van der Waals surface area (Å²) in [6, 6.07) is 11.6. The zero-order chi connectivity index (χ0) is 14.5. The third-order valence-electron chi connectivity index (χ3n) is 3.23. The highest BCUT2D eigenvalue weighted by Crippen LogP contribution is 2.27. The van der Waals surface area contributed by atoms with E-state index in [1.54, 1.807) is 14.2 Å². The maximum absolute atomic E-state index is 6.11. The van der Waals surface area contributed by atoms with Gasteiger partial charge < -0.3 is 14.8 Å². The molecule has 0 aliphatic carbocycles. The van der Waals surface area contributed by atoms with E-state index in [1.165, 1.54) is 0 Å². The summed E-state index contributed by atoms with van der Waals surface area (Å²) in [5, 5.41) is 4.14. The average Bonchev–Trinajstić information content (AvgIpc) is 2.48. The lowest BCUT2D eigenvalue weighted by Crippen LogP contribution is -2.03. The van der Waals surface area contributed by atoms with Crippen molar-refractivity contribution in [3.05, 3.63) is 52.5 Å². The van der Waals surface area contributed by atoms with Crippen LogP contribution in [0.4, 0.5) is 5.69 Å². The Morgan fingerprint density at radius 1 is 1.10 bits per heavy atom. The summed E-state index contributed by atoms with van der Waals surface area (Å²) in [7, 11) is 3.30. The Kier molecular flexibility index (Phi) is 4.74. The number of ether oxygens (including phenoxy) is 2. The molecule has 0 bridgehead atoms. The summed E-state index contributed by atoms with van der Waals surface area (Å²) in [4.78, 5) is 0. The zero-order valence-corrected chi connectivity index (χ0v) is 12.6. The lowest BCUT2D eigenvalue weighted by molar-refractivity contribution is 0.391. The summed E-state index contributed by atoms with van der Waals surface area (Å²) in [6.45, 7) is 2.66. The number of nitrogens with one attached hydrogen (secondary N) is 1. The topological polar surface area (TPSA) is 30.5 Å². The van der Waals surface area contributed by atoms with Crippen molar-refractivity contribution in [1.29, 1.82) is 0 Å². The molecule has 2 aromatic carbocycles.